The summed E-state index contributed by atoms with van der Waals surface area (Å²) in [6, 6.07) is 15.9. The molecule has 96 valence electrons. The molecule has 0 saturated heterocycles. The summed E-state index contributed by atoms with van der Waals surface area (Å²) in [6.07, 6.45) is 0.886. The highest BCUT2D eigenvalue weighted by molar-refractivity contribution is 5.95. The average Bonchev–Trinajstić information content (AvgIpc) is 3.23. The summed E-state index contributed by atoms with van der Waals surface area (Å²) in [7, 11) is 0. The summed E-state index contributed by atoms with van der Waals surface area (Å²) in [5.41, 5.74) is 1.85. The second-order valence-corrected chi connectivity index (χ2v) is 4.86. The second-order valence-electron chi connectivity index (χ2n) is 4.86. The van der Waals surface area contributed by atoms with Crippen molar-refractivity contribution in [1.82, 2.24) is 0 Å². The molecule has 1 aliphatic carbocycles. The van der Waals surface area contributed by atoms with Crippen LogP contribution >= 0.6 is 0 Å². The number of hydrogen-bond acceptors (Lipinski definition) is 1. The Bertz CT molecular complexity index is 579. The van der Waals surface area contributed by atoms with E-state index in [4.69, 9.17) is 0 Å². The van der Waals surface area contributed by atoms with Crippen LogP contribution < -0.4 is 5.32 Å². The minimum atomic E-state index is -0.299. The van der Waals surface area contributed by atoms with Crippen molar-refractivity contribution in [1.29, 1.82) is 0 Å². The quantitative estimate of drug-likeness (QED) is 0.892. The first-order valence-corrected chi connectivity index (χ1v) is 6.35. The lowest BCUT2D eigenvalue weighted by Gasteiger charge is -2.04. The Labute approximate surface area is 111 Å². The van der Waals surface area contributed by atoms with Gasteiger partial charge in [-0.25, -0.2) is 4.39 Å². The van der Waals surface area contributed by atoms with E-state index in [1.807, 2.05) is 18.2 Å². The number of hydrogen-bond donors (Lipinski definition) is 1. The number of rotatable bonds is 3. The third-order valence-corrected chi connectivity index (χ3v) is 3.47. The molecule has 2 nitrogen and oxygen atoms in total. The van der Waals surface area contributed by atoms with E-state index < -0.39 is 0 Å². The number of carbonyl (C=O) groups excluding carboxylic acids is 1. The maximum Gasteiger partial charge on any atom is 0.228 e. The van der Waals surface area contributed by atoms with Gasteiger partial charge in [0.1, 0.15) is 5.82 Å². The van der Waals surface area contributed by atoms with Gasteiger partial charge in [0, 0.05) is 11.6 Å². The van der Waals surface area contributed by atoms with Gasteiger partial charge in [-0.2, -0.15) is 0 Å². The van der Waals surface area contributed by atoms with Crippen LogP contribution in [0.15, 0.2) is 54.6 Å². The molecule has 0 spiro atoms. The highest BCUT2D eigenvalue weighted by atomic mass is 19.1. The second kappa shape index (κ2) is 4.84. The van der Waals surface area contributed by atoms with Crippen LogP contribution in [0.25, 0.3) is 0 Å². The number of anilines is 1. The minimum Gasteiger partial charge on any atom is -0.326 e. The van der Waals surface area contributed by atoms with Crippen molar-refractivity contribution in [3.8, 4) is 0 Å². The van der Waals surface area contributed by atoms with Crippen molar-refractivity contribution < 1.29 is 9.18 Å². The molecule has 1 amide bonds. The summed E-state index contributed by atoms with van der Waals surface area (Å²) < 4.78 is 12.8. The first-order chi connectivity index (χ1) is 9.24. The average molecular weight is 255 g/mol. The topological polar surface area (TPSA) is 29.1 Å². The smallest absolute Gasteiger partial charge is 0.228 e. The molecule has 2 unspecified atom stereocenters. The zero-order valence-electron chi connectivity index (χ0n) is 10.3. The normalized spacial score (nSPS) is 20.9. The van der Waals surface area contributed by atoms with Crippen LogP contribution in [0.1, 0.15) is 17.9 Å². The fourth-order valence-electron chi connectivity index (χ4n) is 2.32. The van der Waals surface area contributed by atoms with Gasteiger partial charge < -0.3 is 5.32 Å². The third-order valence-electron chi connectivity index (χ3n) is 3.47. The fraction of sp³-hybridized carbons (Fsp3) is 0.188. The molecule has 1 saturated carbocycles. The van der Waals surface area contributed by atoms with Crippen LogP contribution in [0.4, 0.5) is 10.1 Å². The SMILES string of the molecule is O=C(Nc1ccc(F)cc1)C1CC1c1ccccc1. The molecule has 0 heterocycles. The zero-order chi connectivity index (χ0) is 13.2. The van der Waals surface area contributed by atoms with Crippen LogP contribution in [0.2, 0.25) is 0 Å². The molecule has 0 aromatic heterocycles. The molecule has 1 N–H and O–H groups in total. The van der Waals surface area contributed by atoms with Gasteiger partial charge in [-0.1, -0.05) is 30.3 Å². The van der Waals surface area contributed by atoms with Crippen LogP contribution in [0, 0.1) is 11.7 Å². The van der Waals surface area contributed by atoms with Crippen LogP contribution in [0.3, 0.4) is 0 Å². The Morgan fingerprint density at radius 1 is 1.05 bits per heavy atom. The summed E-state index contributed by atoms with van der Waals surface area (Å²) in [5.74, 6) is 0.0705. The Hall–Kier alpha value is -2.16. The molecule has 0 aliphatic heterocycles. The van der Waals surface area contributed by atoms with E-state index in [-0.39, 0.29) is 17.6 Å². The highest BCUT2D eigenvalue weighted by Gasteiger charge is 2.43. The van der Waals surface area contributed by atoms with Gasteiger partial charge in [0.15, 0.2) is 0 Å². The monoisotopic (exact) mass is 255 g/mol. The Balaban J connectivity index is 1.63. The number of nitrogens with one attached hydrogen (secondary N) is 1. The van der Waals surface area contributed by atoms with E-state index in [2.05, 4.69) is 17.4 Å². The largest absolute Gasteiger partial charge is 0.326 e. The molecule has 0 bridgehead atoms. The molecule has 1 aliphatic rings. The first kappa shape index (κ1) is 11.9. The van der Waals surface area contributed by atoms with Crippen molar-refractivity contribution in [3.63, 3.8) is 0 Å². The summed E-state index contributed by atoms with van der Waals surface area (Å²) >= 11 is 0. The number of amides is 1. The molecule has 0 radical (unpaired) electrons. The number of halogens is 1. The molecule has 2 atom stereocenters. The Morgan fingerprint density at radius 2 is 1.74 bits per heavy atom. The van der Waals surface area contributed by atoms with Crippen molar-refractivity contribution in [2.75, 3.05) is 5.32 Å². The molecule has 19 heavy (non-hydrogen) atoms. The van der Waals surface area contributed by atoms with Gasteiger partial charge >= 0.3 is 0 Å². The summed E-state index contributed by atoms with van der Waals surface area (Å²) in [5, 5.41) is 2.83. The molecule has 3 rings (SSSR count). The van der Waals surface area contributed by atoms with Crippen molar-refractivity contribution >= 4 is 11.6 Å². The van der Waals surface area contributed by atoms with Crippen molar-refractivity contribution in [2.24, 2.45) is 5.92 Å². The zero-order valence-corrected chi connectivity index (χ0v) is 10.3. The van der Waals surface area contributed by atoms with Crippen LogP contribution in [0.5, 0.6) is 0 Å². The van der Waals surface area contributed by atoms with Gasteiger partial charge in [-0.3, -0.25) is 4.79 Å². The summed E-state index contributed by atoms with van der Waals surface area (Å²) in [4.78, 5) is 12.0. The first-order valence-electron chi connectivity index (χ1n) is 6.35. The molecule has 2 aromatic carbocycles. The van der Waals surface area contributed by atoms with E-state index in [1.165, 1.54) is 17.7 Å². The fourth-order valence-corrected chi connectivity index (χ4v) is 2.32. The lowest BCUT2D eigenvalue weighted by atomic mass is 10.1. The number of carbonyl (C=O) groups is 1. The maximum absolute atomic E-state index is 12.8. The molecule has 3 heteroatoms. The Morgan fingerprint density at radius 3 is 2.42 bits per heavy atom. The van der Waals surface area contributed by atoms with E-state index in [0.717, 1.165) is 6.42 Å². The third kappa shape index (κ3) is 2.65. The number of benzene rings is 2. The van der Waals surface area contributed by atoms with Crippen molar-refractivity contribution in [2.45, 2.75) is 12.3 Å². The van der Waals surface area contributed by atoms with Crippen molar-refractivity contribution in [3.05, 3.63) is 66.0 Å². The van der Waals surface area contributed by atoms with Gasteiger partial charge in [-0.15, -0.1) is 0 Å². The summed E-state index contributed by atoms with van der Waals surface area (Å²) in [6.45, 7) is 0. The predicted octanol–water partition coefficient (Wildman–Crippen LogP) is 3.57. The lowest BCUT2D eigenvalue weighted by molar-refractivity contribution is -0.117. The van der Waals surface area contributed by atoms with Crippen LogP contribution in [-0.2, 0) is 4.79 Å². The van der Waals surface area contributed by atoms with E-state index in [0.29, 0.717) is 11.6 Å². The van der Waals surface area contributed by atoms with E-state index in [9.17, 15) is 9.18 Å². The molecule has 2 aromatic rings. The van der Waals surface area contributed by atoms with E-state index in [1.54, 1.807) is 12.1 Å². The highest BCUT2D eigenvalue weighted by Crippen LogP contribution is 2.47. The molecular weight excluding hydrogens is 241 g/mol. The molecule has 1 fully saturated rings. The van der Waals surface area contributed by atoms with Gasteiger partial charge in [0.05, 0.1) is 0 Å². The van der Waals surface area contributed by atoms with Crippen LogP contribution in [-0.4, -0.2) is 5.91 Å². The lowest BCUT2D eigenvalue weighted by Crippen LogP contribution is -2.14. The van der Waals surface area contributed by atoms with Gasteiger partial charge in [0.25, 0.3) is 0 Å². The van der Waals surface area contributed by atoms with Gasteiger partial charge in [-0.05, 0) is 42.2 Å². The maximum atomic E-state index is 12.8. The predicted molar refractivity (Wildman–Crippen MR) is 72.3 cm³/mol. The van der Waals surface area contributed by atoms with Gasteiger partial charge in [0.2, 0.25) is 5.91 Å². The molecular formula is C16H14FNO. The van der Waals surface area contributed by atoms with E-state index >= 15 is 0 Å². The standard InChI is InChI=1S/C16H14FNO/c17-12-6-8-13(9-7-12)18-16(19)15-10-14(15)11-4-2-1-3-5-11/h1-9,14-15H,10H2,(H,18,19). The minimum absolute atomic E-state index is 0.0143. The Kier molecular flexibility index (Phi) is 3.03.